The van der Waals surface area contributed by atoms with Gasteiger partial charge in [-0.3, -0.25) is 4.98 Å². The summed E-state index contributed by atoms with van der Waals surface area (Å²) in [5.41, 5.74) is 0.365. The Morgan fingerprint density at radius 2 is 1.69 bits per heavy atom. The second-order valence-corrected chi connectivity index (χ2v) is 8.98. The second-order valence-electron chi connectivity index (χ2n) is 8.98. The summed E-state index contributed by atoms with van der Waals surface area (Å²) in [5.74, 6) is 1.66. The Morgan fingerprint density at radius 3 is 2.42 bits per heavy atom. The normalized spacial score (nSPS) is 17.0. The third-order valence-electron chi connectivity index (χ3n) is 6.80. The van der Waals surface area contributed by atoms with Crippen molar-refractivity contribution >= 4 is 5.82 Å². The van der Waals surface area contributed by atoms with Gasteiger partial charge in [-0.15, -0.1) is 20.4 Å². The van der Waals surface area contributed by atoms with Crippen molar-refractivity contribution < 1.29 is 22.3 Å². The third kappa shape index (κ3) is 4.14. The topological polar surface area (TPSA) is 90.1 Å². The maximum Gasteiger partial charge on any atom is 0.416 e. The van der Waals surface area contributed by atoms with Crippen LogP contribution in [0.3, 0.4) is 0 Å². The van der Waals surface area contributed by atoms with Crippen LogP contribution in [0, 0.1) is 0 Å². The van der Waals surface area contributed by atoms with Crippen LogP contribution in [0.1, 0.15) is 30.4 Å². The lowest BCUT2D eigenvalue weighted by Gasteiger charge is -2.45. The molecule has 0 amide bonds. The summed E-state index contributed by atoms with van der Waals surface area (Å²) in [4.78, 5) is 6.15. The van der Waals surface area contributed by atoms with Gasteiger partial charge in [0.15, 0.2) is 5.82 Å². The quantitative estimate of drug-likeness (QED) is 0.394. The van der Waals surface area contributed by atoms with Crippen molar-refractivity contribution in [3.8, 4) is 28.8 Å². The zero-order chi connectivity index (χ0) is 24.8. The van der Waals surface area contributed by atoms with E-state index in [1.165, 1.54) is 6.07 Å². The minimum Gasteiger partial charge on any atom is -0.487 e. The van der Waals surface area contributed by atoms with E-state index >= 15 is 0 Å². The number of alkyl halides is 3. The summed E-state index contributed by atoms with van der Waals surface area (Å²) in [6.07, 6.45) is 1.20. The van der Waals surface area contributed by atoms with Gasteiger partial charge in [0.1, 0.15) is 17.0 Å². The first-order valence-electron chi connectivity index (χ1n) is 11.6. The summed E-state index contributed by atoms with van der Waals surface area (Å²) in [6.45, 7) is 1.32. The Labute approximate surface area is 204 Å². The Morgan fingerprint density at radius 1 is 0.861 bits per heavy atom. The van der Waals surface area contributed by atoms with Gasteiger partial charge < -0.3 is 14.1 Å². The van der Waals surface area contributed by atoms with E-state index in [-0.39, 0.29) is 11.5 Å². The van der Waals surface area contributed by atoms with Gasteiger partial charge in [-0.1, -0.05) is 6.07 Å². The number of nitrogens with zero attached hydrogens (tertiary/aromatic N) is 6. The number of fused-ring (bicyclic) bond motifs is 1. The van der Waals surface area contributed by atoms with Gasteiger partial charge in [0.25, 0.3) is 5.89 Å². The molecule has 36 heavy (non-hydrogen) atoms. The third-order valence-corrected chi connectivity index (χ3v) is 6.80. The lowest BCUT2D eigenvalue weighted by atomic mass is 9.82. The second kappa shape index (κ2) is 8.58. The average molecular weight is 494 g/mol. The molecule has 0 aliphatic carbocycles. The van der Waals surface area contributed by atoms with Crippen molar-refractivity contribution in [1.29, 1.82) is 0 Å². The van der Waals surface area contributed by atoms with Crippen molar-refractivity contribution in [3.63, 3.8) is 0 Å². The van der Waals surface area contributed by atoms with E-state index in [9.17, 15) is 13.2 Å². The van der Waals surface area contributed by atoms with Crippen molar-refractivity contribution in [2.24, 2.45) is 0 Å². The zero-order valence-electron chi connectivity index (χ0n) is 19.1. The van der Waals surface area contributed by atoms with E-state index in [4.69, 9.17) is 9.15 Å². The first-order chi connectivity index (χ1) is 17.4. The number of halogens is 3. The molecule has 2 aliphatic rings. The van der Waals surface area contributed by atoms with Gasteiger partial charge in [-0.05, 0) is 49.2 Å². The molecule has 0 atom stereocenters. The Kier molecular flexibility index (Phi) is 5.35. The molecule has 3 aromatic heterocycles. The molecule has 11 heteroatoms. The molecule has 8 nitrogen and oxygen atoms in total. The van der Waals surface area contributed by atoms with Gasteiger partial charge in [-0.25, -0.2) is 0 Å². The number of aromatic nitrogens is 5. The Hall–Kier alpha value is -4.02. The number of ether oxygens (including phenoxy) is 1. The molecule has 0 bridgehead atoms. The highest BCUT2D eigenvalue weighted by molar-refractivity contribution is 5.55. The van der Waals surface area contributed by atoms with E-state index in [0.717, 1.165) is 6.07 Å². The van der Waals surface area contributed by atoms with E-state index in [1.54, 1.807) is 30.6 Å². The molecule has 4 aromatic rings. The van der Waals surface area contributed by atoms with Crippen molar-refractivity contribution in [2.45, 2.75) is 37.5 Å². The molecular weight excluding hydrogens is 473 g/mol. The van der Waals surface area contributed by atoms with Crippen LogP contribution in [0.5, 0.6) is 5.75 Å². The van der Waals surface area contributed by atoms with Crippen molar-refractivity contribution in [3.05, 3.63) is 66.0 Å². The van der Waals surface area contributed by atoms with E-state index in [0.29, 0.717) is 67.5 Å². The zero-order valence-corrected chi connectivity index (χ0v) is 19.1. The SMILES string of the molecule is FC(F)(F)c1cccc2c1CCC1(CCN(c3ccc(-c4nnc(-c5cccnc5)o4)nn3)CC1)O2. The first-order valence-corrected chi connectivity index (χ1v) is 11.6. The van der Waals surface area contributed by atoms with Gasteiger partial charge in [0.05, 0.1) is 11.1 Å². The minimum atomic E-state index is -4.38. The first kappa shape index (κ1) is 22.4. The smallest absolute Gasteiger partial charge is 0.416 e. The summed E-state index contributed by atoms with van der Waals surface area (Å²) >= 11 is 0. The number of benzene rings is 1. The lowest BCUT2D eigenvalue weighted by molar-refractivity contribution is -0.139. The van der Waals surface area contributed by atoms with Crippen LogP contribution in [0.25, 0.3) is 23.0 Å². The molecule has 0 saturated carbocycles. The number of piperidine rings is 1. The number of pyridine rings is 1. The largest absolute Gasteiger partial charge is 0.487 e. The number of anilines is 1. The molecule has 5 heterocycles. The van der Waals surface area contributed by atoms with Crippen LogP contribution in [-0.4, -0.2) is 44.1 Å². The number of rotatable bonds is 3. The molecule has 1 saturated heterocycles. The molecule has 1 aromatic carbocycles. The van der Waals surface area contributed by atoms with E-state index < -0.39 is 17.3 Å². The van der Waals surface area contributed by atoms with Crippen LogP contribution in [0.4, 0.5) is 19.0 Å². The molecule has 0 N–H and O–H groups in total. The average Bonchev–Trinajstić information content (AvgIpc) is 3.39. The molecule has 2 aliphatic heterocycles. The molecule has 1 fully saturated rings. The van der Waals surface area contributed by atoms with Gasteiger partial charge >= 0.3 is 6.18 Å². The highest BCUT2D eigenvalue weighted by Crippen LogP contribution is 2.44. The van der Waals surface area contributed by atoms with Gasteiger partial charge in [-0.2, -0.15) is 13.2 Å². The monoisotopic (exact) mass is 494 g/mol. The number of hydrogen-bond donors (Lipinski definition) is 0. The fraction of sp³-hybridized carbons (Fsp3) is 0.320. The summed E-state index contributed by atoms with van der Waals surface area (Å²) in [5, 5.41) is 16.7. The molecule has 184 valence electrons. The highest BCUT2D eigenvalue weighted by atomic mass is 19.4. The molecule has 6 rings (SSSR count). The highest BCUT2D eigenvalue weighted by Gasteiger charge is 2.43. The van der Waals surface area contributed by atoms with Crippen LogP contribution < -0.4 is 9.64 Å². The predicted molar refractivity (Wildman–Crippen MR) is 123 cm³/mol. The molecule has 0 radical (unpaired) electrons. The van der Waals surface area contributed by atoms with Crippen molar-refractivity contribution in [1.82, 2.24) is 25.4 Å². The molecular formula is C25H21F3N6O2. The van der Waals surface area contributed by atoms with Crippen LogP contribution >= 0.6 is 0 Å². The predicted octanol–water partition coefficient (Wildman–Crippen LogP) is 4.97. The molecule has 1 spiro atoms. The lowest BCUT2D eigenvalue weighted by Crippen LogP contribution is -2.50. The van der Waals surface area contributed by atoms with Crippen LogP contribution in [-0.2, 0) is 12.6 Å². The van der Waals surface area contributed by atoms with Crippen LogP contribution in [0.15, 0.2) is 59.3 Å². The van der Waals surface area contributed by atoms with Crippen molar-refractivity contribution in [2.75, 3.05) is 18.0 Å². The molecule has 0 unspecified atom stereocenters. The standard InChI is InChI=1S/C25H21F3N6O2/c26-25(27,28)18-4-1-5-20-17(18)8-9-24(36-20)10-13-34(14-11-24)21-7-6-19(30-31-21)23-33-32-22(35-23)16-3-2-12-29-15-16/h1-7,12,15H,8-11,13-14H2. The maximum absolute atomic E-state index is 13.4. The minimum absolute atomic E-state index is 0.257. The Balaban J connectivity index is 1.12. The van der Waals surface area contributed by atoms with Gasteiger partial charge in [0, 0.05) is 43.9 Å². The van der Waals surface area contributed by atoms with E-state index in [1.807, 2.05) is 12.1 Å². The summed E-state index contributed by atoms with van der Waals surface area (Å²) in [6, 6.07) is 11.4. The summed E-state index contributed by atoms with van der Waals surface area (Å²) < 4.78 is 52.0. The fourth-order valence-corrected chi connectivity index (χ4v) is 4.86. The fourth-order valence-electron chi connectivity index (χ4n) is 4.86. The Bertz CT molecular complexity index is 1370. The number of hydrogen-bond acceptors (Lipinski definition) is 8. The maximum atomic E-state index is 13.4. The van der Waals surface area contributed by atoms with Crippen LogP contribution in [0.2, 0.25) is 0 Å². The van der Waals surface area contributed by atoms with Gasteiger partial charge in [0.2, 0.25) is 5.89 Å². The van der Waals surface area contributed by atoms with E-state index in [2.05, 4.69) is 30.3 Å². The summed E-state index contributed by atoms with van der Waals surface area (Å²) in [7, 11) is 0.